The third-order valence-electron chi connectivity index (χ3n) is 3.49. The lowest BCUT2D eigenvalue weighted by Crippen LogP contribution is -2.27. The van der Waals surface area contributed by atoms with Gasteiger partial charge in [-0.25, -0.2) is 9.97 Å². The summed E-state index contributed by atoms with van der Waals surface area (Å²) in [5, 5.41) is 14.2. The van der Waals surface area contributed by atoms with Crippen LogP contribution in [0.5, 0.6) is 0 Å². The molecule has 0 bridgehead atoms. The van der Waals surface area contributed by atoms with Crippen LogP contribution in [0, 0.1) is 6.92 Å². The molecule has 1 amide bonds. The molecular weight excluding hydrogens is 320 g/mol. The van der Waals surface area contributed by atoms with Crippen LogP contribution in [0.15, 0.2) is 53.2 Å². The van der Waals surface area contributed by atoms with Crippen molar-refractivity contribution < 1.29 is 14.3 Å². The molecule has 0 aliphatic heterocycles. The highest BCUT2D eigenvalue weighted by Crippen LogP contribution is 2.24. The van der Waals surface area contributed by atoms with Gasteiger partial charge in [0.05, 0.1) is 24.7 Å². The second kappa shape index (κ2) is 7.59. The van der Waals surface area contributed by atoms with Crippen LogP contribution < -0.4 is 10.6 Å². The number of hydrogen-bond acceptors (Lipinski definition) is 6. The molecule has 0 radical (unpaired) electrons. The molecule has 128 valence electrons. The molecule has 0 aliphatic rings. The van der Waals surface area contributed by atoms with Gasteiger partial charge in [0.25, 0.3) is 11.9 Å². The highest BCUT2D eigenvalue weighted by molar-refractivity contribution is 5.92. The van der Waals surface area contributed by atoms with Crippen molar-refractivity contribution in [2.75, 3.05) is 18.5 Å². The Morgan fingerprint density at radius 1 is 1.12 bits per heavy atom. The summed E-state index contributed by atoms with van der Waals surface area (Å²) in [5.41, 5.74) is 3.04. The van der Waals surface area contributed by atoms with Gasteiger partial charge >= 0.3 is 0 Å². The fourth-order valence-electron chi connectivity index (χ4n) is 2.17. The molecule has 3 rings (SSSR count). The molecule has 7 heteroatoms. The van der Waals surface area contributed by atoms with Crippen LogP contribution in [0.2, 0.25) is 0 Å². The molecule has 2 aromatic heterocycles. The summed E-state index contributed by atoms with van der Waals surface area (Å²) in [6.07, 6.45) is 3.17. The van der Waals surface area contributed by atoms with Crippen LogP contribution in [0.25, 0.3) is 11.3 Å². The number of nitrogens with one attached hydrogen (secondary N) is 2. The van der Waals surface area contributed by atoms with E-state index in [1.165, 1.54) is 11.8 Å². The fraction of sp³-hybridized carbons (Fsp3) is 0.167. The lowest BCUT2D eigenvalue weighted by atomic mass is 10.1. The Kier molecular flexibility index (Phi) is 5.06. The number of aliphatic hydroxyl groups is 1. The van der Waals surface area contributed by atoms with Crippen molar-refractivity contribution >= 4 is 17.6 Å². The van der Waals surface area contributed by atoms with Gasteiger partial charge < -0.3 is 20.2 Å². The van der Waals surface area contributed by atoms with Gasteiger partial charge in [0.2, 0.25) is 0 Å². The van der Waals surface area contributed by atoms with E-state index >= 15 is 0 Å². The maximum atomic E-state index is 11.7. The van der Waals surface area contributed by atoms with Gasteiger partial charge in [0, 0.05) is 12.1 Å². The molecule has 25 heavy (non-hydrogen) atoms. The molecule has 3 aromatic rings. The molecule has 0 spiro atoms. The second-order valence-corrected chi connectivity index (χ2v) is 5.43. The molecule has 2 heterocycles. The highest BCUT2D eigenvalue weighted by atomic mass is 16.4. The lowest BCUT2D eigenvalue weighted by molar-refractivity contribution is 0.0940. The Hall–Kier alpha value is -3.19. The standard InChI is InChI=1S/C18H18N4O3/c1-12-2-4-13(5-3-12)16-11-21-18(25-16)22-14-6-7-15(20-10-14)17(24)19-8-9-23/h2-7,10-11,23H,8-9H2,1H3,(H,19,24)(H,21,22). The Morgan fingerprint density at radius 2 is 1.92 bits per heavy atom. The van der Waals surface area contributed by atoms with E-state index in [9.17, 15) is 4.79 Å². The summed E-state index contributed by atoms with van der Waals surface area (Å²) in [6, 6.07) is 11.6. The number of anilines is 2. The van der Waals surface area contributed by atoms with E-state index in [1.54, 1.807) is 18.3 Å². The molecule has 0 saturated heterocycles. The van der Waals surface area contributed by atoms with E-state index in [2.05, 4.69) is 20.6 Å². The Labute approximate surface area is 144 Å². The van der Waals surface area contributed by atoms with E-state index < -0.39 is 0 Å². The number of aliphatic hydroxyl groups excluding tert-OH is 1. The number of rotatable bonds is 6. The zero-order chi connectivity index (χ0) is 17.6. The molecule has 0 unspecified atom stereocenters. The average molecular weight is 338 g/mol. The first-order valence-electron chi connectivity index (χ1n) is 7.81. The number of hydrogen-bond donors (Lipinski definition) is 3. The molecule has 0 fully saturated rings. The predicted molar refractivity (Wildman–Crippen MR) is 93.6 cm³/mol. The van der Waals surface area contributed by atoms with Crippen molar-refractivity contribution in [2.24, 2.45) is 0 Å². The van der Waals surface area contributed by atoms with Crippen LogP contribution in [-0.4, -0.2) is 34.1 Å². The van der Waals surface area contributed by atoms with E-state index in [4.69, 9.17) is 9.52 Å². The zero-order valence-electron chi connectivity index (χ0n) is 13.7. The second-order valence-electron chi connectivity index (χ2n) is 5.43. The van der Waals surface area contributed by atoms with Gasteiger partial charge in [-0.05, 0) is 19.1 Å². The topological polar surface area (TPSA) is 100 Å². The highest BCUT2D eigenvalue weighted by Gasteiger charge is 2.09. The number of nitrogens with zero attached hydrogens (tertiary/aromatic N) is 2. The van der Waals surface area contributed by atoms with Gasteiger partial charge in [-0.2, -0.15) is 0 Å². The molecule has 7 nitrogen and oxygen atoms in total. The van der Waals surface area contributed by atoms with Gasteiger partial charge in [-0.15, -0.1) is 0 Å². The lowest BCUT2D eigenvalue weighted by Gasteiger charge is -2.04. The van der Waals surface area contributed by atoms with Gasteiger partial charge in [0.1, 0.15) is 5.69 Å². The van der Waals surface area contributed by atoms with Crippen molar-refractivity contribution in [1.29, 1.82) is 0 Å². The number of aryl methyl sites for hydroxylation is 1. The number of carbonyl (C=O) groups excluding carboxylic acids is 1. The van der Waals surface area contributed by atoms with Crippen LogP contribution in [-0.2, 0) is 0 Å². The maximum absolute atomic E-state index is 11.7. The molecule has 0 atom stereocenters. The van der Waals surface area contributed by atoms with Crippen molar-refractivity contribution in [2.45, 2.75) is 6.92 Å². The maximum Gasteiger partial charge on any atom is 0.299 e. The van der Waals surface area contributed by atoms with Crippen molar-refractivity contribution in [3.8, 4) is 11.3 Å². The fourth-order valence-corrected chi connectivity index (χ4v) is 2.17. The monoisotopic (exact) mass is 338 g/mol. The number of benzene rings is 1. The molecule has 1 aromatic carbocycles. The molecule has 0 aliphatic carbocycles. The summed E-state index contributed by atoms with van der Waals surface area (Å²) >= 11 is 0. The van der Waals surface area contributed by atoms with Crippen LogP contribution in [0.3, 0.4) is 0 Å². The van der Waals surface area contributed by atoms with Crippen LogP contribution in [0.4, 0.5) is 11.7 Å². The quantitative estimate of drug-likeness (QED) is 0.638. The van der Waals surface area contributed by atoms with E-state index in [-0.39, 0.29) is 24.8 Å². The smallest absolute Gasteiger partial charge is 0.299 e. The van der Waals surface area contributed by atoms with Gasteiger partial charge in [-0.3, -0.25) is 4.79 Å². The minimum atomic E-state index is -0.335. The third-order valence-corrected chi connectivity index (χ3v) is 3.49. The number of aromatic nitrogens is 2. The summed E-state index contributed by atoms with van der Waals surface area (Å²) < 4.78 is 5.69. The van der Waals surface area contributed by atoms with Gasteiger partial charge in [0.15, 0.2) is 5.76 Å². The summed E-state index contributed by atoms with van der Waals surface area (Å²) in [6.45, 7) is 2.11. The average Bonchev–Trinajstić information content (AvgIpc) is 3.09. The van der Waals surface area contributed by atoms with E-state index in [1.807, 2.05) is 31.2 Å². The SMILES string of the molecule is Cc1ccc(-c2cnc(Nc3ccc(C(=O)NCCO)nc3)o2)cc1. The van der Waals surface area contributed by atoms with E-state index in [0.717, 1.165) is 5.56 Å². The number of amides is 1. The number of pyridine rings is 1. The predicted octanol–water partition coefficient (Wildman–Crippen LogP) is 2.51. The molecule has 0 saturated carbocycles. The number of oxazole rings is 1. The first kappa shape index (κ1) is 16.7. The summed E-state index contributed by atoms with van der Waals surface area (Å²) in [5.74, 6) is 0.328. The van der Waals surface area contributed by atoms with Crippen LogP contribution in [0.1, 0.15) is 16.1 Å². The summed E-state index contributed by atoms with van der Waals surface area (Å²) in [4.78, 5) is 20.0. The Bertz CT molecular complexity index is 842. The van der Waals surface area contributed by atoms with Crippen molar-refractivity contribution in [1.82, 2.24) is 15.3 Å². The largest absolute Gasteiger partial charge is 0.423 e. The normalized spacial score (nSPS) is 10.5. The Balaban J connectivity index is 1.66. The van der Waals surface area contributed by atoms with Crippen LogP contribution >= 0.6 is 0 Å². The van der Waals surface area contributed by atoms with Crippen molar-refractivity contribution in [3.63, 3.8) is 0 Å². The zero-order valence-corrected chi connectivity index (χ0v) is 13.7. The number of carbonyl (C=O) groups is 1. The first-order chi connectivity index (χ1) is 12.2. The van der Waals surface area contributed by atoms with E-state index in [0.29, 0.717) is 17.5 Å². The van der Waals surface area contributed by atoms with Gasteiger partial charge in [-0.1, -0.05) is 29.8 Å². The molecular formula is C18H18N4O3. The van der Waals surface area contributed by atoms with Crippen molar-refractivity contribution in [3.05, 3.63) is 60.0 Å². The third kappa shape index (κ3) is 4.21. The molecule has 3 N–H and O–H groups in total. The first-order valence-corrected chi connectivity index (χ1v) is 7.81. The Morgan fingerprint density at radius 3 is 2.60 bits per heavy atom. The minimum Gasteiger partial charge on any atom is -0.423 e. The summed E-state index contributed by atoms with van der Waals surface area (Å²) in [7, 11) is 0. The minimum absolute atomic E-state index is 0.112.